The van der Waals surface area contributed by atoms with Gasteiger partial charge in [0.2, 0.25) is 0 Å². The van der Waals surface area contributed by atoms with Gasteiger partial charge in [0.25, 0.3) is 10.1 Å². The van der Waals surface area contributed by atoms with Crippen LogP contribution < -0.4 is 5.32 Å². The first-order chi connectivity index (χ1) is 10.6. The summed E-state index contributed by atoms with van der Waals surface area (Å²) in [5, 5.41) is 25.1. The summed E-state index contributed by atoms with van der Waals surface area (Å²) in [4.78, 5) is 21.9. The molecule has 1 fully saturated rings. The summed E-state index contributed by atoms with van der Waals surface area (Å²) in [5.41, 5.74) is 0. The smallest absolute Gasteiger partial charge is 0.340 e. The van der Waals surface area contributed by atoms with Crippen molar-refractivity contribution in [2.24, 2.45) is 5.29 Å². The number of carbonyl (C=O) groups excluding carboxylic acids is 1. The molecule has 0 aromatic rings. The van der Waals surface area contributed by atoms with Crippen LogP contribution in [0.4, 0.5) is 4.79 Å². The molecule has 1 heterocycles. The zero-order chi connectivity index (χ0) is 17.8. The number of ether oxygens (including phenoxy) is 2. The average molecular weight is 357 g/mol. The van der Waals surface area contributed by atoms with Crippen molar-refractivity contribution in [2.75, 3.05) is 27.0 Å². The summed E-state index contributed by atoms with van der Waals surface area (Å²) < 4.78 is 36.7. The Morgan fingerprint density at radius 1 is 1.39 bits per heavy atom. The number of amides is 2. The van der Waals surface area contributed by atoms with Crippen LogP contribution in [0.2, 0.25) is 0 Å². The molecule has 0 aromatic carbocycles. The van der Waals surface area contributed by atoms with Crippen LogP contribution in [0.25, 0.3) is 0 Å². The van der Waals surface area contributed by atoms with Crippen LogP contribution in [0, 0.1) is 4.91 Å². The number of rotatable bonds is 6. The maximum atomic E-state index is 11.6. The van der Waals surface area contributed by atoms with Gasteiger partial charge in [-0.3, -0.25) is 4.18 Å². The van der Waals surface area contributed by atoms with Crippen molar-refractivity contribution in [1.29, 1.82) is 0 Å². The molecular formula is C10H19N3O9S. The zero-order valence-electron chi connectivity index (χ0n) is 12.6. The Hall–Kier alpha value is -1.38. The van der Waals surface area contributed by atoms with Gasteiger partial charge < -0.3 is 25.0 Å². The number of nitrogens with one attached hydrogen (secondary N) is 1. The number of hydrogen-bond acceptors (Lipinski definition) is 10. The molecular weight excluding hydrogens is 338 g/mol. The van der Waals surface area contributed by atoms with Gasteiger partial charge in [-0.1, -0.05) is 0 Å². The van der Waals surface area contributed by atoms with Crippen LogP contribution in [-0.2, 0) is 23.8 Å². The van der Waals surface area contributed by atoms with Crippen LogP contribution in [0.5, 0.6) is 0 Å². The summed E-state index contributed by atoms with van der Waals surface area (Å²) in [7, 11) is -1.48. The molecule has 0 radical (unpaired) electrons. The van der Waals surface area contributed by atoms with Gasteiger partial charge >= 0.3 is 6.03 Å². The molecule has 1 rings (SSSR count). The molecule has 134 valence electrons. The van der Waals surface area contributed by atoms with E-state index < -0.39 is 53.4 Å². The third-order valence-electron chi connectivity index (χ3n) is 3.09. The normalized spacial score (nSPS) is 31.4. The van der Waals surface area contributed by atoms with E-state index in [0.29, 0.717) is 5.01 Å². The summed E-state index contributed by atoms with van der Waals surface area (Å²) in [6, 6.07) is -2.17. The molecule has 1 aliphatic heterocycles. The Morgan fingerprint density at radius 3 is 2.48 bits per heavy atom. The average Bonchev–Trinajstić information content (AvgIpc) is 2.49. The van der Waals surface area contributed by atoms with E-state index in [1.165, 1.54) is 7.11 Å². The second kappa shape index (κ2) is 7.94. The fourth-order valence-electron chi connectivity index (χ4n) is 1.89. The fourth-order valence-corrected chi connectivity index (χ4v) is 2.27. The van der Waals surface area contributed by atoms with Crippen LogP contribution in [-0.4, -0.2) is 87.3 Å². The molecule has 13 heteroatoms. The van der Waals surface area contributed by atoms with Crippen LogP contribution in [0.3, 0.4) is 0 Å². The number of aliphatic hydroxyl groups is 2. The van der Waals surface area contributed by atoms with Gasteiger partial charge in [0.05, 0.1) is 18.1 Å². The lowest BCUT2D eigenvalue weighted by Gasteiger charge is -2.42. The van der Waals surface area contributed by atoms with E-state index >= 15 is 0 Å². The van der Waals surface area contributed by atoms with Crippen LogP contribution >= 0.6 is 0 Å². The van der Waals surface area contributed by atoms with Crippen molar-refractivity contribution in [3.63, 3.8) is 0 Å². The highest BCUT2D eigenvalue weighted by molar-refractivity contribution is 7.85. The van der Waals surface area contributed by atoms with Crippen molar-refractivity contribution in [2.45, 2.75) is 30.6 Å². The topological polar surface area (TPSA) is 164 Å². The lowest BCUT2D eigenvalue weighted by atomic mass is 9.97. The SMILES string of the molecule is CO[C@H]1O[C@H](COS(C)(=O)=O)[C@@H](O)[C@H](O)[C@@H]1NC(=O)N(C)N=O. The van der Waals surface area contributed by atoms with Crippen molar-refractivity contribution in [3.05, 3.63) is 4.91 Å². The molecule has 0 aliphatic carbocycles. The third kappa shape index (κ3) is 5.33. The molecule has 0 spiro atoms. The Balaban J connectivity index is 2.81. The number of hydrogen-bond donors (Lipinski definition) is 3. The van der Waals surface area contributed by atoms with E-state index in [1.54, 1.807) is 0 Å². The number of methoxy groups -OCH3 is 1. The van der Waals surface area contributed by atoms with Gasteiger partial charge in [0.15, 0.2) is 6.29 Å². The molecule has 23 heavy (non-hydrogen) atoms. The molecule has 0 aromatic heterocycles. The van der Waals surface area contributed by atoms with E-state index in [-0.39, 0.29) is 0 Å². The number of urea groups is 1. The van der Waals surface area contributed by atoms with E-state index in [1.807, 2.05) is 0 Å². The fraction of sp³-hybridized carbons (Fsp3) is 0.900. The molecule has 0 saturated carbocycles. The van der Waals surface area contributed by atoms with Gasteiger partial charge in [0.1, 0.15) is 24.4 Å². The number of nitroso groups, excluding NO2 is 1. The third-order valence-corrected chi connectivity index (χ3v) is 3.65. The molecule has 2 amide bonds. The van der Waals surface area contributed by atoms with Gasteiger partial charge in [-0.2, -0.15) is 13.4 Å². The minimum atomic E-state index is -3.77. The highest BCUT2D eigenvalue weighted by Crippen LogP contribution is 2.22. The monoisotopic (exact) mass is 357 g/mol. The Labute approximate surface area is 132 Å². The van der Waals surface area contributed by atoms with E-state index in [9.17, 15) is 28.3 Å². The second-order valence-electron chi connectivity index (χ2n) is 4.83. The Morgan fingerprint density at radius 2 is 2.00 bits per heavy atom. The highest BCUT2D eigenvalue weighted by atomic mass is 32.2. The number of nitrogens with zero attached hydrogens (tertiary/aromatic N) is 2. The standard InChI is InChI=1S/C10H19N3O9S/c1-13(12-17)10(16)11-6-8(15)7(14)5(22-9(6)20-2)4-21-23(3,18)19/h5-9,14-15H,4H2,1-3H3,(H,11,16)/t5-,6+,7-,8-,9+/m1/s1. The highest BCUT2D eigenvalue weighted by Gasteiger charge is 2.46. The van der Waals surface area contributed by atoms with Crippen molar-refractivity contribution < 1.29 is 37.1 Å². The van der Waals surface area contributed by atoms with Crippen molar-refractivity contribution in [3.8, 4) is 0 Å². The number of carbonyl (C=O) groups is 1. The Kier molecular flexibility index (Phi) is 6.79. The second-order valence-corrected chi connectivity index (χ2v) is 6.47. The lowest BCUT2D eigenvalue weighted by molar-refractivity contribution is -0.260. The van der Waals surface area contributed by atoms with Gasteiger partial charge in [-0.25, -0.2) is 4.79 Å². The number of aliphatic hydroxyl groups excluding tert-OH is 2. The van der Waals surface area contributed by atoms with Gasteiger partial charge in [-0.15, -0.1) is 4.91 Å². The van der Waals surface area contributed by atoms with E-state index in [0.717, 1.165) is 13.3 Å². The van der Waals surface area contributed by atoms with Crippen molar-refractivity contribution in [1.82, 2.24) is 10.3 Å². The Bertz CT molecular complexity index is 526. The maximum absolute atomic E-state index is 11.6. The first-order valence-corrected chi connectivity index (χ1v) is 8.18. The quantitative estimate of drug-likeness (QED) is 0.270. The molecule has 1 aliphatic rings. The van der Waals surface area contributed by atoms with Crippen molar-refractivity contribution >= 4 is 16.1 Å². The molecule has 12 nitrogen and oxygen atoms in total. The van der Waals surface area contributed by atoms with Crippen LogP contribution in [0.1, 0.15) is 0 Å². The van der Waals surface area contributed by atoms with Gasteiger partial charge in [-0.05, 0) is 0 Å². The zero-order valence-corrected chi connectivity index (χ0v) is 13.5. The summed E-state index contributed by atoms with van der Waals surface area (Å²) in [6.07, 6.45) is -4.74. The summed E-state index contributed by atoms with van der Waals surface area (Å²) in [5.74, 6) is 0. The van der Waals surface area contributed by atoms with E-state index in [4.69, 9.17) is 9.47 Å². The minimum Gasteiger partial charge on any atom is -0.388 e. The predicted molar refractivity (Wildman–Crippen MR) is 74.4 cm³/mol. The molecule has 5 atom stereocenters. The minimum absolute atomic E-state index is 0.435. The predicted octanol–water partition coefficient (Wildman–Crippen LogP) is -2.25. The first-order valence-electron chi connectivity index (χ1n) is 6.37. The maximum Gasteiger partial charge on any atom is 0.340 e. The summed E-state index contributed by atoms with van der Waals surface area (Å²) >= 11 is 0. The van der Waals surface area contributed by atoms with Gasteiger partial charge in [0, 0.05) is 14.2 Å². The molecule has 3 N–H and O–H groups in total. The molecule has 0 unspecified atom stereocenters. The van der Waals surface area contributed by atoms with E-state index in [2.05, 4.69) is 14.8 Å². The summed E-state index contributed by atoms with van der Waals surface area (Å²) in [6.45, 7) is -0.548. The molecule has 1 saturated heterocycles. The largest absolute Gasteiger partial charge is 0.388 e. The first kappa shape index (κ1) is 19.7. The molecule has 0 bridgehead atoms. The van der Waals surface area contributed by atoms with Crippen LogP contribution in [0.15, 0.2) is 5.29 Å². The lowest BCUT2D eigenvalue weighted by Crippen LogP contribution is -2.65.